The Morgan fingerprint density at radius 3 is 2.83 bits per heavy atom. The second-order valence-corrected chi connectivity index (χ2v) is 4.59. The molecular weight excluding hydrogens is 230 g/mol. The molecule has 18 heavy (non-hydrogen) atoms. The number of nitrogens with zero attached hydrogens (tertiary/aromatic N) is 1. The molecule has 2 rings (SSSR count). The van der Waals surface area contributed by atoms with Gasteiger partial charge in [0.15, 0.2) is 0 Å². The van der Waals surface area contributed by atoms with Crippen LogP contribution in [0.5, 0.6) is 0 Å². The minimum atomic E-state index is -0.417. The summed E-state index contributed by atoms with van der Waals surface area (Å²) in [5, 5.41) is 9.59. The van der Waals surface area contributed by atoms with Crippen molar-refractivity contribution in [1.29, 1.82) is 0 Å². The van der Waals surface area contributed by atoms with Crippen LogP contribution in [-0.2, 0) is 16.1 Å². The summed E-state index contributed by atoms with van der Waals surface area (Å²) in [6.07, 6.45) is 0.0563. The van der Waals surface area contributed by atoms with Gasteiger partial charge in [-0.3, -0.25) is 9.69 Å². The van der Waals surface area contributed by atoms with E-state index in [9.17, 15) is 9.90 Å². The third-order valence-corrected chi connectivity index (χ3v) is 3.28. The lowest BCUT2D eigenvalue weighted by atomic mass is 10.2. The number of aliphatic hydroxyl groups is 1. The number of hydrogen-bond acceptors (Lipinski definition) is 4. The molecule has 4 heteroatoms. The molecule has 98 valence electrons. The molecule has 1 N–H and O–H groups in total. The quantitative estimate of drug-likeness (QED) is 0.814. The SMILES string of the molecule is CCN1CC(O)CC1C(=O)OCc1ccccc1. The molecule has 1 aliphatic rings. The number of ether oxygens (including phenoxy) is 1. The van der Waals surface area contributed by atoms with Gasteiger partial charge in [0.25, 0.3) is 0 Å². The summed E-state index contributed by atoms with van der Waals surface area (Å²) < 4.78 is 5.30. The number of likely N-dealkylation sites (N-methyl/N-ethyl adjacent to an activating group) is 1. The van der Waals surface area contributed by atoms with Crippen molar-refractivity contribution < 1.29 is 14.6 Å². The Morgan fingerprint density at radius 2 is 2.17 bits per heavy atom. The molecule has 1 aliphatic heterocycles. The molecule has 2 atom stereocenters. The fourth-order valence-electron chi connectivity index (χ4n) is 2.30. The van der Waals surface area contributed by atoms with E-state index in [4.69, 9.17) is 4.74 Å². The predicted molar refractivity (Wildman–Crippen MR) is 67.9 cm³/mol. The number of benzene rings is 1. The molecule has 0 amide bonds. The predicted octanol–water partition coefficient (Wildman–Crippen LogP) is 1.18. The molecule has 0 spiro atoms. The van der Waals surface area contributed by atoms with Gasteiger partial charge in [-0.1, -0.05) is 37.3 Å². The number of carbonyl (C=O) groups is 1. The van der Waals surface area contributed by atoms with Crippen molar-refractivity contribution in [3.8, 4) is 0 Å². The van der Waals surface area contributed by atoms with Crippen LogP contribution in [0.2, 0.25) is 0 Å². The molecule has 1 fully saturated rings. The summed E-state index contributed by atoms with van der Waals surface area (Å²) in [6.45, 7) is 3.59. The monoisotopic (exact) mass is 249 g/mol. The first kappa shape index (κ1) is 13.1. The highest BCUT2D eigenvalue weighted by Crippen LogP contribution is 2.19. The minimum Gasteiger partial charge on any atom is -0.460 e. The zero-order valence-corrected chi connectivity index (χ0v) is 10.6. The molecule has 0 aromatic heterocycles. The van der Waals surface area contributed by atoms with E-state index in [1.807, 2.05) is 42.2 Å². The summed E-state index contributed by atoms with van der Waals surface area (Å²) >= 11 is 0. The van der Waals surface area contributed by atoms with Crippen molar-refractivity contribution in [2.75, 3.05) is 13.1 Å². The van der Waals surface area contributed by atoms with Crippen molar-refractivity contribution in [1.82, 2.24) is 4.90 Å². The van der Waals surface area contributed by atoms with Crippen LogP contribution in [0, 0.1) is 0 Å². The van der Waals surface area contributed by atoms with Gasteiger partial charge in [0.2, 0.25) is 0 Å². The number of aliphatic hydroxyl groups excluding tert-OH is 1. The molecule has 0 aliphatic carbocycles. The molecule has 0 saturated carbocycles. The van der Waals surface area contributed by atoms with Crippen molar-refractivity contribution in [2.24, 2.45) is 0 Å². The topological polar surface area (TPSA) is 49.8 Å². The Bertz CT molecular complexity index is 393. The lowest BCUT2D eigenvalue weighted by molar-refractivity contribution is -0.150. The fraction of sp³-hybridized carbons (Fsp3) is 0.500. The Hall–Kier alpha value is -1.39. The van der Waals surface area contributed by atoms with Crippen LogP contribution in [-0.4, -0.2) is 41.2 Å². The number of hydrogen-bond donors (Lipinski definition) is 1. The maximum absolute atomic E-state index is 12.0. The molecule has 1 heterocycles. The van der Waals surface area contributed by atoms with Crippen LogP contribution >= 0.6 is 0 Å². The Morgan fingerprint density at radius 1 is 1.44 bits per heavy atom. The van der Waals surface area contributed by atoms with Crippen LogP contribution in [0.25, 0.3) is 0 Å². The van der Waals surface area contributed by atoms with Gasteiger partial charge in [0, 0.05) is 13.0 Å². The zero-order chi connectivity index (χ0) is 13.0. The highest BCUT2D eigenvalue weighted by Gasteiger charge is 2.35. The lowest BCUT2D eigenvalue weighted by Crippen LogP contribution is -2.37. The average molecular weight is 249 g/mol. The molecule has 1 aromatic carbocycles. The van der Waals surface area contributed by atoms with E-state index >= 15 is 0 Å². The summed E-state index contributed by atoms with van der Waals surface area (Å²) in [6, 6.07) is 9.32. The van der Waals surface area contributed by atoms with Crippen molar-refractivity contribution in [3.63, 3.8) is 0 Å². The first-order valence-corrected chi connectivity index (χ1v) is 6.33. The Labute approximate surface area is 107 Å². The molecular formula is C14H19NO3. The van der Waals surface area contributed by atoms with E-state index in [2.05, 4.69) is 0 Å². The third-order valence-electron chi connectivity index (χ3n) is 3.28. The second kappa shape index (κ2) is 5.98. The van der Waals surface area contributed by atoms with Crippen LogP contribution < -0.4 is 0 Å². The summed E-state index contributed by atoms with van der Waals surface area (Å²) in [5.41, 5.74) is 0.979. The van der Waals surface area contributed by atoms with Gasteiger partial charge in [0.05, 0.1) is 6.10 Å². The highest BCUT2D eigenvalue weighted by molar-refractivity contribution is 5.76. The van der Waals surface area contributed by atoms with E-state index in [0.717, 1.165) is 12.1 Å². The highest BCUT2D eigenvalue weighted by atomic mass is 16.5. The van der Waals surface area contributed by atoms with Gasteiger partial charge in [-0.25, -0.2) is 0 Å². The van der Waals surface area contributed by atoms with E-state index in [-0.39, 0.29) is 12.0 Å². The standard InChI is InChI=1S/C14H19NO3/c1-2-15-9-12(16)8-13(15)14(17)18-10-11-6-4-3-5-7-11/h3-7,12-13,16H,2,8-10H2,1H3. The first-order valence-electron chi connectivity index (χ1n) is 6.33. The van der Waals surface area contributed by atoms with Gasteiger partial charge >= 0.3 is 5.97 Å². The van der Waals surface area contributed by atoms with Crippen LogP contribution in [0.15, 0.2) is 30.3 Å². The maximum atomic E-state index is 12.0. The number of rotatable bonds is 4. The molecule has 1 saturated heterocycles. The van der Waals surface area contributed by atoms with E-state index in [1.54, 1.807) is 0 Å². The van der Waals surface area contributed by atoms with Crippen LogP contribution in [0.4, 0.5) is 0 Å². The molecule has 4 nitrogen and oxygen atoms in total. The second-order valence-electron chi connectivity index (χ2n) is 4.59. The number of β-amino-alcohol motifs (C(OH)–C–C–N with tert-alkyl or cyclic N) is 1. The third kappa shape index (κ3) is 3.09. The number of likely N-dealkylation sites (tertiary alicyclic amines) is 1. The first-order chi connectivity index (χ1) is 8.70. The largest absolute Gasteiger partial charge is 0.460 e. The molecule has 2 unspecified atom stereocenters. The smallest absolute Gasteiger partial charge is 0.323 e. The molecule has 1 aromatic rings. The van der Waals surface area contributed by atoms with Crippen molar-refractivity contribution >= 4 is 5.97 Å². The van der Waals surface area contributed by atoms with E-state index < -0.39 is 6.10 Å². The summed E-state index contributed by atoms with van der Waals surface area (Å²) in [5.74, 6) is -0.239. The van der Waals surface area contributed by atoms with E-state index in [1.165, 1.54) is 0 Å². The summed E-state index contributed by atoms with van der Waals surface area (Å²) in [7, 11) is 0. The van der Waals surface area contributed by atoms with Gasteiger partial charge in [-0.2, -0.15) is 0 Å². The summed E-state index contributed by atoms with van der Waals surface area (Å²) in [4.78, 5) is 13.9. The number of carbonyl (C=O) groups excluding carboxylic acids is 1. The fourth-order valence-corrected chi connectivity index (χ4v) is 2.30. The zero-order valence-electron chi connectivity index (χ0n) is 10.6. The van der Waals surface area contributed by atoms with Gasteiger partial charge < -0.3 is 9.84 Å². The average Bonchev–Trinajstić information content (AvgIpc) is 2.78. The Balaban J connectivity index is 1.88. The number of esters is 1. The lowest BCUT2D eigenvalue weighted by Gasteiger charge is -2.20. The van der Waals surface area contributed by atoms with Crippen molar-refractivity contribution in [3.05, 3.63) is 35.9 Å². The normalized spacial score (nSPS) is 24.1. The Kier molecular flexibility index (Phi) is 4.33. The molecule has 0 bridgehead atoms. The maximum Gasteiger partial charge on any atom is 0.323 e. The minimum absolute atomic E-state index is 0.239. The van der Waals surface area contributed by atoms with Gasteiger partial charge in [-0.15, -0.1) is 0 Å². The van der Waals surface area contributed by atoms with E-state index in [0.29, 0.717) is 19.6 Å². The molecule has 0 radical (unpaired) electrons. The van der Waals surface area contributed by atoms with Crippen LogP contribution in [0.1, 0.15) is 18.9 Å². The van der Waals surface area contributed by atoms with Crippen LogP contribution in [0.3, 0.4) is 0 Å². The van der Waals surface area contributed by atoms with Gasteiger partial charge in [0.1, 0.15) is 12.6 Å². The van der Waals surface area contributed by atoms with Gasteiger partial charge in [-0.05, 0) is 12.1 Å². The van der Waals surface area contributed by atoms with Crippen molar-refractivity contribution in [2.45, 2.75) is 32.1 Å².